The topological polar surface area (TPSA) is 102 Å². The molecule has 0 radical (unpaired) electrons. The number of hydrazine groups is 1. The number of halogens is 5. The van der Waals surface area contributed by atoms with Crippen LogP contribution in [0.25, 0.3) is 5.69 Å². The first kappa shape index (κ1) is 19.0. The lowest BCUT2D eigenvalue weighted by Crippen LogP contribution is -2.25. The Labute approximate surface area is 147 Å². The molecule has 2 aromatic rings. The van der Waals surface area contributed by atoms with Crippen LogP contribution in [0.3, 0.4) is 0 Å². The quantitative estimate of drug-likeness (QED) is 0.335. The van der Waals surface area contributed by atoms with E-state index in [4.69, 9.17) is 23.2 Å². The van der Waals surface area contributed by atoms with E-state index in [1.165, 1.54) is 0 Å². The molecular formula is C12H8Cl2F3N5O3. The molecule has 2 N–H and O–H groups in total. The van der Waals surface area contributed by atoms with E-state index in [0.29, 0.717) is 18.4 Å². The highest BCUT2D eigenvalue weighted by Crippen LogP contribution is 2.39. The second-order valence-electron chi connectivity index (χ2n) is 4.51. The van der Waals surface area contributed by atoms with Crippen molar-refractivity contribution in [3.8, 4) is 5.69 Å². The van der Waals surface area contributed by atoms with Gasteiger partial charge in [-0.25, -0.2) is 10.1 Å². The van der Waals surface area contributed by atoms with Crippen LogP contribution in [0.15, 0.2) is 18.3 Å². The van der Waals surface area contributed by atoms with Gasteiger partial charge in [0.05, 0.1) is 27.1 Å². The molecule has 1 heterocycles. The molecule has 0 bridgehead atoms. The van der Waals surface area contributed by atoms with Gasteiger partial charge < -0.3 is 4.79 Å². The summed E-state index contributed by atoms with van der Waals surface area (Å²) in [4.78, 5) is 20.6. The summed E-state index contributed by atoms with van der Waals surface area (Å²) < 4.78 is 39.2. The number of benzene rings is 1. The van der Waals surface area contributed by atoms with E-state index in [9.17, 15) is 28.1 Å². The number of hydrogen-bond donors (Lipinski definition) is 2. The van der Waals surface area contributed by atoms with Crippen molar-refractivity contribution in [2.45, 2.75) is 6.18 Å². The molecule has 13 heteroatoms. The number of nitrogens with one attached hydrogen (secondary N) is 2. The van der Waals surface area contributed by atoms with Crippen molar-refractivity contribution >= 4 is 41.0 Å². The summed E-state index contributed by atoms with van der Waals surface area (Å²) in [6.45, 7) is -0.198. The summed E-state index contributed by atoms with van der Waals surface area (Å²) in [5.74, 6) is -0.268. The molecule has 0 aliphatic carbocycles. The molecule has 134 valence electrons. The highest BCUT2D eigenvalue weighted by atomic mass is 35.5. The highest BCUT2D eigenvalue weighted by molar-refractivity contribution is 6.38. The molecule has 0 fully saturated rings. The summed E-state index contributed by atoms with van der Waals surface area (Å²) in [6.07, 6.45) is -3.33. The van der Waals surface area contributed by atoms with Crippen LogP contribution in [0, 0.1) is 10.1 Å². The van der Waals surface area contributed by atoms with E-state index < -0.39 is 32.4 Å². The van der Waals surface area contributed by atoms with Crippen molar-refractivity contribution in [1.82, 2.24) is 15.2 Å². The van der Waals surface area contributed by atoms with Crippen LogP contribution < -0.4 is 10.9 Å². The second-order valence-corrected chi connectivity index (χ2v) is 5.32. The van der Waals surface area contributed by atoms with Crippen molar-refractivity contribution in [2.24, 2.45) is 0 Å². The normalized spacial score (nSPS) is 11.4. The minimum atomic E-state index is -4.67. The molecule has 0 aliphatic heterocycles. The standard InChI is InChI=1S/C12H8Cl2F3N5O3/c13-7-3-6(12(15,16)17)4-8(14)10(7)21-11(20-18-1-2-23)9(5-19-21)22(24)25/h2-5,18,20H,1H2. The number of anilines is 1. The van der Waals surface area contributed by atoms with Crippen LogP contribution in [0.5, 0.6) is 0 Å². The third-order valence-electron chi connectivity index (χ3n) is 2.89. The Balaban J connectivity index is 2.58. The average molecular weight is 398 g/mol. The Kier molecular flexibility index (Phi) is 5.50. The van der Waals surface area contributed by atoms with Gasteiger partial charge >= 0.3 is 11.9 Å². The lowest BCUT2D eigenvalue weighted by atomic mass is 10.2. The molecule has 1 aromatic heterocycles. The fourth-order valence-electron chi connectivity index (χ4n) is 1.87. The summed E-state index contributed by atoms with van der Waals surface area (Å²) in [5, 5.41) is 13.9. The largest absolute Gasteiger partial charge is 0.416 e. The van der Waals surface area contributed by atoms with Crippen molar-refractivity contribution in [1.29, 1.82) is 0 Å². The maximum atomic E-state index is 12.8. The number of hydrogen-bond acceptors (Lipinski definition) is 6. The summed E-state index contributed by atoms with van der Waals surface area (Å²) in [6, 6.07) is 1.25. The minimum Gasteiger partial charge on any atom is -0.302 e. The smallest absolute Gasteiger partial charge is 0.302 e. The van der Waals surface area contributed by atoms with Crippen LogP contribution in [0.2, 0.25) is 10.0 Å². The van der Waals surface area contributed by atoms with Gasteiger partial charge in [0.15, 0.2) is 0 Å². The van der Waals surface area contributed by atoms with Gasteiger partial charge in [-0.15, -0.1) is 0 Å². The zero-order valence-electron chi connectivity index (χ0n) is 12.0. The maximum absolute atomic E-state index is 12.8. The molecule has 25 heavy (non-hydrogen) atoms. The Morgan fingerprint density at radius 2 is 1.92 bits per heavy atom. The van der Waals surface area contributed by atoms with Crippen LogP contribution in [0.4, 0.5) is 24.7 Å². The predicted octanol–water partition coefficient (Wildman–Crippen LogP) is 3.22. The zero-order valence-corrected chi connectivity index (χ0v) is 13.5. The van der Waals surface area contributed by atoms with Crippen LogP contribution in [0.1, 0.15) is 5.56 Å². The van der Waals surface area contributed by atoms with E-state index in [1.54, 1.807) is 0 Å². The third kappa shape index (κ3) is 4.00. The molecular weight excluding hydrogens is 390 g/mol. The van der Waals surface area contributed by atoms with E-state index in [-0.39, 0.29) is 18.1 Å². The molecule has 0 saturated heterocycles. The average Bonchev–Trinajstić information content (AvgIpc) is 2.90. The molecule has 0 saturated carbocycles. The number of nitrogens with zero attached hydrogens (tertiary/aromatic N) is 3. The van der Waals surface area contributed by atoms with Crippen molar-refractivity contribution in [3.63, 3.8) is 0 Å². The number of rotatable bonds is 6. The number of aromatic nitrogens is 2. The molecule has 0 unspecified atom stereocenters. The fraction of sp³-hybridized carbons (Fsp3) is 0.167. The second kappa shape index (κ2) is 7.25. The zero-order chi connectivity index (χ0) is 18.8. The molecule has 8 nitrogen and oxygen atoms in total. The Bertz CT molecular complexity index is 802. The maximum Gasteiger partial charge on any atom is 0.416 e. The van der Waals surface area contributed by atoms with Gasteiger partial charge in [-0.1, -0.05) is 23.2 Å². The SMILES string of the molecule is O=CCNNc1c([N+](=O)[O-])cnn1-c1c(Cl)cc(C(F)(F)F)cc1Cl. The van der Waals surface area contributed by atoms with E-state index in [2.05, 4.69) is 16.0 Å². The Morgan fingerprint density at radius 1 is 1.32 bits per heavy atom. The first-order valence-electron chi connectivity index (χ1n) is 6.38. The summed E-state index contributed by atoms with van der Waals surface area (Å²) in [5.41, 5.74) is 2.96. The van der Waals surface area contributed by atoms with E-state index in [1.807, 2.05) is 0 Å². The number of aldehydes is 1. The highest BCUT2D eigenvalue weighted by Gasteiger charge is 2.33. The molecule has 2 rings (SSSR count). The molecule has 1 aromatic carbocycles. The van der Waals surface area contributed by atoms with Gasteiger partial charge in [-0.05, 0) is 12.1 Å². The van der Waals surface area contributed by atoms with Crippen LogP contribution >= 0.6 is 23.2 Å². The summed E-state index contributed by atoms with van der Waals surface area (Å²) in [7, 11) is 0. The van der Waals surface area contributed by atoms with Crippen molar-refractivity contribution < 1.29 is 22.9 Å². The number of nitro groups is 1. The number of alkyl halides is 3. The minimum absolute atomic E-state index is 0.195. The fourth-order valence-corrected chi connectivity index (χ4v) is 2.52. The predicted molar refractivity (Wildman–Crippen MR) is 82.9 cm³/mol. The van der Waals surface area contributed by atoms with Gasteiger partial charge in [0.25, 0.3) is 0 Å². The van der Waals surface area contributed by atoms with Crippen LogP contribution in [-0.2, 0) is 11.0 Å². The van der Waals surface area contributed by atoms with Gasteiger partial charge in [0, 0.05) is 0 Å². The summed E-state index contributed by atoms with van der Waals surface area (Å²) >= 11 is 11.8. The molecule has 0 spiro atoms. The molecule has 0 amide bonds. The van der Waals surface area contributed by atoms with E-state index in [0.717, 1.165) is 10.9 Å². The van der Waals surface area contributed by atoms with Gasteiger partial charge in [0.2, 0.25) is 5.82 Å². The monoisotopic (exact) mass is 397 g/mol. The number of carbonyl (C=O) groups excluding carboxylic acids is 1. The first-order valence-corrected chi connectivity index (χ1v) is 7.14. The molecule has 0 aliphatic rings. The lowest BCUT2D eigenvalue weighted by molar-refractivity contribution is -0.384. The lowest BCUT2D eigenvalue weighted by Gasteiger charge is -2.14. The van der Waals surface area contributed by atoms with Gasteiger partial charge in [-0.2, -0.15) is 18.3 Å². The Morgan fingerprint density at radius 3 is 2.40 bits per heavy atom. The molecule has 0 atom stereocenters. The third-order valence-corrected chi connectivity index (χ3v) is 3.47. The van der Waals surface area contributed by atoms with Crippen LogP contribution in [-0.4, -0.2) is 27.5 Å². The van der Waals surface area contributed by atoms with Crippen molar-refractivity contribution in [3.05, 3.63) is 44.1 Å². The Hall–Kier alpha value is -2.37. The van der Waals surface area contributed by atoms with Gasteiger partial charge in [-0.3, -0.25) is 15.5 Å². The van der Waals surface area contributed by atoms with E-state index >= 15 is 0 Å². The van der Waals surface area contributed by atoms with Crippen molar-refractivity contribution in [2.75, 3.05) is 12.0 Å². The number of carbonyl (C=O) groups is 1. The first-order chi connectivity index (χ1) is 11.7. The van der Waals surface area contributed by atoms with Gasteiger partial charge in [0.1, 0.15) is 18.2 Å².